The van der Waals surface area contributed by atoms with Crippen LogP contribution < -0.4 is 5.32 Å². The highest BCUT2D eigenvalue weighted by Crippen LogP contribution is 2.27. The summed E-state index contributed by atoms with van der Waals surface area (Å²) in [6.45, 7) is 2.07. The van der Waals surface area contributed by atoms with Gasteiger partial charge in [-0.25, -0.2) is 4.39 Å². The lowest BCUT2D eigenvalue weighted by molar-refractivity contribution is 0.0798. The first-order valence-corrected chi connectivity index (χ1v) is 9.60. The van der Waals surface area contributed by atoms with E-state index in [0.29, 0.717) is 0 Å². The molecule has 0 bridgehead atoms. The average Bonchev–Trinajstić information content (AvgIpc) is 2.62. The summed E-state index contributed by atoms with van der Waals surface area (Å²) >= 11 is 0. The quantitative estimate of drug-likeness (QED) is 0.893. The number of likely N-dealkylation sites (tertiary alicyclic amines) is 1. The van der Waals surface area contributed by atoms with Crippen LogP contribution in [0.15, 0.2) is 48.5 Å². The maximum absolute atomic E-state index is 14.5. The Hall–Kier alpha value is -2.20. The molecule has 2 fully saturated rings. The van der Waals surface area contributed by atoms with Gasteiger partial charge in [0.1, 0.15) is 5.82 Å². The minimum absolute atomic E-state index is 0.131. The van der Waals surface area contributed by atoms with Gasteiger partial charge in [0.25, 0.3) is 5.91 Å². The number of piperidine rings is 1. The first-order valence-electron chi connectivity index (χ1n) is 9.60. The van der Waals surface area contributed by atoms with Gasteiger partial charge in [-0.15, -0.1) is 0 Å². The Bertz CT molecular complexity index is 765. The van der Waals surface area contributed by atoms with Gasteiger partial charge in [0, 0.05) is 25.2 Å². The molecule has 26 heavy (non-hydrogen) atoms. The van der Waals surface area contributed by atoms with Crippen LogP contribution in [-0.4, -0.2) is 36.0 Å². The highest BCUT2D eigenvalue weighted by atomic mass is 19.1. The van der Waals surface area contributed by atoms with Crippen LogP contribution in [0, 0.1) is 5.82 Å². The van der Waals surface area contributed by atoms with Crippen LogP contribution in [0.25, 0.3) is 11.1 Å². The Balaban J connectivity index is 1.37. The van der Waals surface area contributed by atoms with Crippen molar-refractivity contribution in [1.82, 2.24) is 10.2 Å². The first kappa shape index (κ1) is 17.2. The number of carbonyl (C=O) groups excluding carboxylic acids is 1. The first-order chi connectivity index (χ1) is 12.7. The van der Waals surface area contributed by atoms with Gasteiger partial charge in [0.15, 0.2) is 0 Å². The predicted octanol–water partition coefficient (Wildman–Crippen LogP) is 4.24. The van der Waals surface area contributed by atoms with Crippen molar-refractivity contribution in [3.63, 3.8) is 0 Å². The Morgan fingerprint density at radius 1 is 0.962 bits per heavy atom. The van der Waals surface area contributed by atoms with E-state index < -0.39 is 5.82 Å². The third-order valence-corrected chi connectivity index (χ3v) is 5.78. The van der Waals surface area contributed by atoms with Gasteiger partial charge < -0.3 is 10.2 Å². The molecule has 1 aliphatic heterocycles. The molecule has 0 unspecified atom stereocenters. The van der Waals surface area contributed by atoms with E-state index in [0.717, 1.165) is 43.1 Å². The third kappa shape index (κ3) is 3.65. The predicted molar refractivity (Wildman–Crippen MR) is 102 cm³/mol. The number of hydrogen-bond acceptors (Lipinski definition) is 2. The number of benzene rings is 2. The number of hydrogen-bond donors (Lipinski definition) is 1. The van der Waals surface area contributed by atoms with Gasteiger partial charge in [-0.1, -0.05) is 42.8 Å². The van der Waals surface area contributed by atoms with Crippen molar-refractivity contribution < 1.29 is 9.18 Å². The van der Waals surface area contributed by atoms with Crippen molar-refractivity contribution in [2.45, 2.75) is 44.2 Å². The number of amides is 1. The highest BCUT2D eigenvalue weighted by molar-refractivity contribution is 5.95. The highest BCUT2D eigenvalue weighted by Gasteiger charge is 2.29. The molecule has 0 spiro atoms. The molecule has 1 heterocycles. The molecule has 4 rings (SSSR count). The zero-order valence-corrected chi connectivity index (χ0v) is 15.0. The van der Waals surface area contributed by atoms with E-state index in [1.165, 1.54) is 25.3 Å². The normalized spacial score (nSPS) is 19.1. The van der Waals surface area contributed by atoms with E-state index >= 15 is 0 Å². The second kappa shape index (κ2) is 7.58. The number of nitrogens with zero attached hydrogens (tertiary/aromatic N) is 1. The smallest absolute Gasteiger partial charge is 0.254 e. The van der Waals surface area contributed by atoms with E-state index in [1.54, 1.807) is 6.07 Å². The summed E-state index contributed by atoms with van der Waals surface area (Å²) in [4.78, 5) is 15.0. The Morgan fingerprint density at radius 3 is 2.31 bits per heavy atom. The van der Waals surface area contributed by atoms with Crippen molar-refractivity contribution in [2.75, 3.05) is 13.1 Å². The molecule has 2 aromatic rings. The monoisotopic (exact) mass is 352 g/mol. The molecule has 1 aliphatic carbocycles. The SMILES string of the molecule is O=C(NC1CCN(C2CCC2)CC1)c1ccc(-c2ccccc2)cc1F. The van der Waals surface area contributed by atoms with Gasteiger partial charge in [-0.3, -0.25) is 4.79 Å². The zero-order valence-electron chi connectivity index (χ0n) is 15.0. The van der Waals surface area contributed by atoms with Crippen LogP contribution in [0.1, 0.15) is 42.5 Å². The van der Waals surface area contributed by atoms with Crippen LogP contribution in [0.4, 0.5) is 4.39 Å². The molecule has 0 radical (unpaired) electrons. The van der Waals surface area contributed by atoms with Crippen molar-refractivity contribution in [3.8, 4) is 11.1 Å². The molecule has 0 atom stereocenters. The van der Waals surface area contributed by atoms with E-state index in [2.05, 4.69) is 10.2 Å². The maximum atomic E-state index is 14.5. The molecule has 1 saturated heterocycles. The van der Waals surface area contributed by atoms with Crippen LogP contribution in [0.5, 0.6) is 0 Å². The number of halogens is 1. The minimum atomic E-state index is -0.462. The summed E-state index contributed by atoms with van der Waals surface area (Å²) in [6.07, 6.45) is 5.88. The fraction of sp³-hybridized carbons (Fsp3) is 0.409. The summed E-state index contributed by atoms with van der Waals surface area (Å²) in [5, 5.41) is 3.03. The fourth-order valence-electron chi connectivity index (χ4n) is 3.93. The molecule has 1 N–H and O–H groups in total. The molecule has 3 nitrogen and oxygen atoms in total. The van der Waals surface area contributed by atoms with Crippen LogP contribution in [0.3, 0.4) is 0 Å². The van der Waals surface area contributed by atoms with Crippen LogP contribution >= 0.6 is 0 Å². The lowest BCUT2D eigenvalue weighted by Gasteiger charge is -2.41. The Morgan fingerprint density at radius 2 is 1.69 bits per heavy atom. The zero-order chi connectivity index (χ0) is 17.9. The average molecular weight is 352 g/mol. The van der Waals surface area contributed by atoms with E-state index in [-0.39, 0.29) is 17.5 Å². The standard InChI is InChI=1S/C22H25FN2O/c23-21-15-17(16-5-2-1-3-6-16)9-10-20(21)22(26)24-18-11-13-25(14-12-18)19-7-4-8-19/h1-3,5-6,9-10,15,18-19H,4,7-8,11-14H2,(H,24,26). The number of nitrogens with one attached hydrogen (secondary N) is 1. The van der Waals surface area contributed by atoms with Gasteiger partial charge >= 0.3 is 0 Å². The van der Waals surface area contributed by atoms with Crippen molar-refractivity contribution in [3.05, 3.63) is 59.9 Å². The maximum Gasteiger partial charge on any atom is 0.254 e. The van der Waals surface area contributed by atoms with E-state index in [1.807, 2.05) is 36.4 Å². The molecule has 136 valence electrons. The summed E-state index contributed by atoms with van der Waals surface area (Å²) < 4.78 is 14.5. The second-order valence-corrected chi connectivity index (χ2v) is 7.43. The van der Waals surface area contributed by atoms with Gasteiger partial charge in [-0.05, 0) is 48.9 Å². The van der Waals surface area contributed by atoms with E-state index in [9.17, 15) is 9.18 Å². The fourth-order valence-corrected chi connectivity index (χ4v) is 3.93. The summed E-state index contributed by atoms with van der Waals surface area (Å²) in [5.74, 6) is -0.764. The molecule has 2 aliphatic rings. The lowest BCUT2D eigenvalue weighted by atomic mass is 9.89. The summed E-state index contributed by atoms with van der Waals surface area (Å²) in [7, 11) is 0. The third-order valence-electron chi connectivity index (χ3n) is 5.78. The molecular weight excluding hydrogens is 327 g/mol. The Labute approximate surface area is 154 Å². The van der Waals surface area contributed by atoms with Gasteiger partial charge in [0.05, 0.1) is 5.56 Å². The number of carbonyl (C=O) groups is 1. The summed E-state index contributed by atoms with van der Waals surface area (Å²) in [6, 6.07) is 15.4. The van der Waals surface area contributed by atoms with Crippen LogP contribution in [-0.2, 0) is 0 Å². The molecule has 0 aromatic heterocycles. The van der Waals surface area contributed by atoms with Crippen molar-refractivity contribution in [1.29, 1.82) is 0 Å². The molecule has 1 amide bonds. The molecular formula is C22H25FN2O. The summed E-state index contributed by atoms with van der Waals surface area (Å²) in [5.41, 5.74) is 1.86. The molecule has 4 heteroatoms. The number of rotatable bonds is 4. The van der Waals surface area contributed by atoms with Gasteiger partial charge in [-0.2, -0.15) is 0 Å². The Kier molecular flexibility index (Phi) is 5.02. The van der Waals surface area contributed by atoms with Gasteiger partial charge in [0.2, 0.25) is 0 Å². The lowest BCUT2D eigenvalue weighted by Crippen LogP contribution is -2.49. The molecule has 2 aromatic carbocycles. The van der Waals surface area contributed by atoms with Crippen LogP contribution in [0.2, 0.25) is 0 Å². The topological polar surface area (TPSA) is 32.3 Å². The minimum Gasteiger partial charge on any atom is -0.349 e. The molecule has 1 saturated carbocycles. The van der Waals surface area contributed by atoms with Crippen molar-refractivity contribution >= 4 is 5.91 Å². The largest absolute Gasteiger partial charge is 0.349 e. The van der Waals surface area contributed by atoms with Crippen molar-refractivity contribution in [2.24, 2.45) is 0 Å². The van der Waals surface area contributed by atoms with E-state index in [4.69, 9.17) is 0 Å². The second-order valence-electron chi connectivity index (χ2n) is 7.43.